The van der Waals surface area contributed by atoms with Gasteiger partial charge in [-0.2, -0.15) is 0 Å². The third kappa shape index (κ3) is 4.44. The van der Waals surface area contributed by atoms with Crippen molar-refractivity contribution in [2.45, 2.75) is 13.8 Å². The number of anilines is 1. The van der Waals surface area contributed by atoms with E-state index in [4.69, 9.17) is 0 Å². The molecule has 2 N–H and O–H groups in total. The van der Waals surface area contributed by atoms with Gasteiger partial charge in [0.2, 0.25) is 0 Å². The molecule has 0 radical (unpaired) electrons. The molecule has 0 atom stereocenters. The third-order valence-corrected chi connectivity index (χ3v) is 2.17. The molecule has 0 aliphatic rings. The molecular formula is C11H20N4O. The van der Waals surface area contributed by atoms with Crippen molar-refractivity contribution < 1.29 is 0 Å². The molecule has 16 heavy (non-hydrogen) atoms. The Balaban J connectivity index is 2.54. The summed E-state index contributed by atoms with van der Waals surface area (Å²) in [7, 11) is 4.10. The smallest absolute Gasteiger partial charge is 0.252 e. The molecule has 0 aromatic carbocycles. The van der Waals surface area contributed by atoms with E-state index in [0.29, 0.717) is 5.82 Å². The number of H-pyrrole nitrogens is 1. The van der Waals surface area contributed by atoms with Crippen LogP contribution in [0.25, 0.3) is 0 Å². The second-order valence-electron chi connectivity index (χ2n) is 5.05. The normalized spacial score (nSPS) is 11.8. The Kier molecular flexibility index (Phi) is 4.06. The molecule has 90 valence electrons. The first-order valence-electron chi connectivity index (χ1n) is 5.32. The zero-order valence-corrected chi connectivity index (χ0v) is 10.4. The fourth-order valence-electron chi connectivity index (χ4n) is 1.71. The minimum absolute atomic E-state index is 0.133. The van der Waals surface area contributed by atoms with Gasteiger partial charge in [-0.25, -0.2) is 4.98 Å². The summed E-state index contributed by atoms with van der Waals surface area (Å²) < 4.78 is 0. The number of aromatic nitrogens is 2. The Hall–Kier alpha value is -1.36. The first kappa shape index (κ1) is 12.7. The molecule has 1 aromatic heterocycles. The lowest BCUT2D eigenvalue weighted by atomic mass is 9.93. The van der Waals surface area contributed by atoms with Crippen LogP contribution in [-0.2, 0) is 0 Å². The summed E-state index contributed by atoms with van der Waals surface area (Å²) in [4.78, 5) is 19.7. The summed E-state index contributed by atoms with van der Waals surface area (Å²) in [5, 5.41) is 3.17. The predicted octanol–water partition coefficient (Wildman–Crippen LogP) is 0.770. The van der Waals surface area contributed by atoms with Gasteiger partial charge in [0.1, 0.15) is 5.82 Å². The molecule has 1 aromatic rings. The van der Waals surface area contributed by atoms with Gasteiger partial charge in [0.15, 0.2) is 0 Å². The van der Waals surface area contributed by atoms with Gasteiger partial charge in [-0.15, -0.1) is 0 Å². The molecular weight excluding hydrogens is 204 g/mol. The minimum atomic E-state index is -0.136. The van der Waals surface area contributed by atoms with Gasteiger partial charge in [-0.1, -0.05) is 13.8 Å². The summed E-state index contributed by atoms with van der Waals surface area (Å²) in [6, 6.07) is 1.46. The number of nitrogens with zero attached hydrogens (tertiary/aromatic N) is 2. The van der Waals surface area contributed by atoms with E-state index in [0.717, 1.165) is 13.1 Å². The molecule has 0 aliphatic heterocycles. The van der Waals surface area contributed by atoms with Crippen LogP contribution in [0.4, 0.5) is 5.82 Å². The lowest BCUT2D eigenvalue weighted by molar-refractivity contribution is 0.254. The molecule has 1 rings (SSSR count). The Morgan fingerprint density at radius 3 is 2.75 bits per heavy atom. The lowest BCUT2D eigenvalue weighted by Gasteiger charge is -2.28. The van der Waals surface area contributed by atoms with E-state index < -0.39 is 0 Å². The number of nitrogens with one attached hydrogen (secondary N) is 2. The lowest BCUT2D eigenvalue weighted by Crippen LogP contribution is -2.34. The van der Waals surface area contributed by atoms with Crippen LogP contribution in [0.1, 0.15) is 13.8 Å². The summed E-state index contributed by atoms with van der Waals surface area (Å²) in [5.41, 5.74) is -0.00347. The number of hydrogen-bond acceptors (Lipinski definition) is 4. The third-order valence-electron chi connectivity index (χ3n) is 2.17. The van der Waals surface area contributed by atoms with Crippen molar-refractivity contribution in [2.24, 2.45) is 5.41 Å². The first-order chi connectivity index (χ1) is 7.39. The second kappa shape index (κ2) is 5.12. The van der Waals surface area contributed by atoms with Crippen molar-refractivity contribution in [2.75, 3.05) is 32.5 Å². The van der Waals surface area contributed by atoms with Crippen LogP contribution in [0.5, 0.6) is 0 Å². The molecule has 0 saturated carbocycles. The van der Waals surface area contributed by atoms with E-state index in [1.165, 1.54) is 12.4 Å². The summed E-state index contributed by atoms with van der Waals surface area (Å²) >= 11 is 0. The standard InChI is InChI=1S/C11H20N4O/c1-11(2,7-15(3)4)6-12-9-5-10(16)14-8-13-9/h5,8H,6-7H2,1-4H3,(H2,12,13,14,16). The molecule has 0 spiro atoms. The topological polar surface area (TPSA) is 61.0 Å². The molecule has 0 aliphatic carbocycles. The maximum absolute atomic E-state index is 11.0. The highest BCUT2D eigenvalue weighted by Gasteiger charge is 2.18. The Morgan fingerprint density at radius 2 is 2.19 bits per heavy atom. The predicted molar refractivity (Wildman–Crippen MR) is 65.7 cm³/mol. The van der Waals surface area contributed by atoms with Crippen molar-refractivity contribution in [3.63, 3.8) is 0 Å². The zero-order valence-electron chi connectivity index (χ0n) is 10.4. The van der Waals surface area contributed by atoms with Crippen LogP contribution < -0.4 is 10.9 Å². The largest absolute Gasteiger partial charge is 0.369 e. The van der Waals surface area contributed by atoms with Crippen molar-refractivity contribution in [1.82, 2.24) is 14.9 Å². The van der Waals surface area contributed by atoms with E-state index >= 15 is 0 Å². The van der Waals surface area contributed by atoms with Crippen LogP contribution in [0.3, 0.4) is 0 Å². The van der Waals surface area contributed by atoms with Crippen LogP contribution in [0, 0.1) is 5.41 Å². The van der Waals surface area contributed by atoms with Gasteiger partial charge >= 0.3 is 0 Å². The highest BCUT2D eigenvalue weighted by atomic mass is 16.1. The van der Waals surface area contributed by atoms with E-state index in [-0.39, 0.29) is 11.0 Å². The van der Waals surface area contributed by atoms with E-state index in [1.807, 2.05) is 14.1 Å². The van der Waals surface area contributed by atoms with Crippen LogP contribution in [0.15, 0.2) is 17.2 Å². The molecule has 0 saturated heterocycles. The van der Waals surface area contributed by atoms with Gasteiger partial charge in [0.05, 0.1) is 6.33 Å². The van der Waals surface area contributed by atoms with E-state index in [9.17, 15) is 4.79 Å². The minimum Gasteiger partial charge on any atom is -0.369 e. The number of rotatable bonds is 5. The van der Waals surface area contributed by atoms with Gasteiger partial charge in [0.25, 0.3) is 5.56 Å². The van der Waals surface area contributed by atoms with E-state index in [2.05, 4.69) is 34.0 Å². The molecule has 0 amide bonds. The van der Waals surface area contributed by atoms with Crippen LogP contribution >= 0.6 is 0 Å². The summed E-state index contributed by atoms with van der Waals surface area (Å²) in [5.74, 6) is 0.621. The van der Waals surface area contributed by atoms with Gasteiger partial charge in [-0.3, -0.25) is 4.79 Å². The van der Waals surface area contributed by atoms with Crippen molar-refractivity contribution >= 4 is 5.82 Å². The monoisotopic (exact) mass is 224 g/mol. The molecule has 5 heteroatoms. The number of hydrogen-bond donors (Lipinski definition) is 2. The van der Waals surface area contributed by atoms with Crippen molar-refractivity contribution in [3.8, 4) is 0 Å². The van der Waals surface area contributed by atoms with Crippen LogP contribution in [0.2, 0.25) is 0 Å². The first-order valence-corrected chi connectivity index (χ1v) is 5.32. The fourth-order valence-corrected chi connectivity index (χ4v) is 1.71. The Morgan fingerprint density at radius 1 is 1.50 bits per heavy atom. The SMILES string of the molecule is CN(C)CC(C)(C)CNc1cc(=O)[nH]cn1. The highest BCUT2D eigenvalue weighted by molar-refractivity contribution is 5.31. The molecule has 0 bridgehead atoms. The fraction of sp³-hybridized carbons (Fsp3) is 0.636. The Bertz CT molecular complexity index is 384. The molecule has 0 unspecified atom stereocenters. The maximum atomic E-state index is 11.0. The van der Waals surface area contributed by atoms with E-state index in [1.54, 1.807) is 0 Å². The average Bonchev–Trinajstić information content (AvgIpc) is 2.13. The molecule has 0 fully saturated rings. The number of aromatic amines is 1. The summed E-state index contributed by atoms with van der Waals surface area (Å²) in [6.45, 7) is 6.10. The average molecular weight is 224 g/mol. The molecule has 1 heterocycles. The van der Waals surface area contributed by atoms with Crippen LogP contribution in [-0.4, -0.2) is 42.1 Å². The van der Waals surface area contributed by atoms with Gasteiger partial charge in [0, 0.05) is 19.2 Å². The quantitative estimate of drug-likeness (QED) is 0.775. The van der Waals surface area contributed by atoms with Crippen molar-refractivity contribution in [1.29, 1.82) is 0 Å². The highest BCUT2D eigenvalue weighted by Crippen LogP contribution is 2.16. The van der Waals surface area contributed by atoms with Crippen molar-refractivity contribution in [3.05, 3.63) is 22.7 Å². The van der Waals surface area contributed by atoms with Gasteiger partial charge < -0.3 is 15.2 Å². The zero-order chi connectivity index (χ0) is 12.2. The Labute approximate surface area is 95.9 Å². The summed E-state index contributed by atoms with van der Waals surface area (Å²) in [6.07, 6.45) is 1.41. The molecule has 5 nitrogen and oxygen atoms in total. The maximum Gasteiger partial charge on any atom is 0.252 e. The van der Waals surface area contributed by atoms with Gasteiger partial charge in [-0.05, 0) is 19.5 Å². The second-order valence-corrected chi connectivity index (χ2v) is 5.05.